The molecule has 0 saturated carbocycles. The van der Waals surface area contributed by atoms with Crippen LogP contribution in [0.25, 0.3) is 0 Å². The standard InChI is InChI=1S/C16H21NO6S/c18-15(17-6-8-23-9-7-17)12-24(21,22)11-14(10-16(19)20)13-4-2-1-3-5-13/h1-5,14H,6-12H2,(H,19,20). The number of carboxylic acids is 1. The van der Waals surface area contributed by atoms with Crippen LogP contribution in [0.1, 0.15) is 17.9 Å². The number of carboxylic acid groups (broad SMARTS) is 1. The molecular weight excluding hydrogens is 334 g/mol. The highest BCUT2D eigenvalue weighted by molar-refractivity contribution is 7.92. The van der Waals surface area contributed by atoms with Gasteiger partial charge in [0.05, 0.1) is 25.4 Å². The molecule has 1 aliphatic heterocycles. The lowest BCUT2D eigenvalue weighted by Gasteiger charge is -2.27. The second kappa shape index (κ2) is 8.25. The maximum Gasteiger partial charge on any atom is 0.303 e. The van der Waals surface area contributed by atoms with Crippen molar-refractivity contribution in [3.63, 3.8) is 0 Å². The molecule has 24 heavy (non-hydrogen) atoms. The van der Waals surface area contributed by atoms with E-state index in [9.17, 15) is 18.0 Å². The zero-order chi connectivity index (χ0) is 17.6. The van der Waals surface area contributed by atoms with Gasteiger partial charge in [0, 0.05) is 19.0 Å². The summed E-state index contributed by atoms with van der Waals surface area (Å²) in [4.78, 5) is 24.7. The predicted molar refractivity (Wildman–Crippen MR) is 87.5 cm³/mol. The zero-order valence-corrected chi connectivity index (χ0v) is 14.1. The summed E-state index contributed by atoms with van der Waals surface area (Å²) in [5.41, 5.74) is 0.641. The molecule has 1 aliphatic rings. The van der Waals surface area contributed by atoms with Gasteiger partial charge >= 0.3 is 5.97 Å². The Morgan fingerprint density at radius 2 is 1.79 bits per heavy atom. The van der Waals surface area contributed by atoms with Crippen molar-refractivity contribution in [2.75, 3.05) is 37.8 Å². The number of carbonyl (C=O) groups excluding carboxylic acids is 1. The SMILES string of the molecule is O=C(O)CC(CS(=O)(=O)CC(=O)N1CCOCC1)c1ccccc1. The van der Waals surface area contributed by atoms with Crippen molar-refractivity contribution < 1.29 is 27.9 Å². The second-order valence-corrected chi connectivity index (χ2v) is 7.86. The number of hydrogen-bond donors (Lipinski definition) is 1. The highest BCUT2D eigenvalue weighted by atomic mass is 32.2. The molecule has 0 aromatic heterocycles. The molecule has 1 saturated heterocycles. The summed E-state index contributed by atoms with van der Waals surface area (Å²) < 4.78 is 29.9. The molecule has 8 heteroatoms. The highest BCUT2D eigenvalue weighted by Gasteiger charge is 2.28. The Bertz CT molecular complexity index is 667. The van der Waals surface area contributed by atoms with E-state index in [0.717, 1.165) is 0 Å². The molecule has 1 unspecified atom stereocenters. The summed E-state index contributed by atoms with van der Waals surface area (Å²) in [5.74, 6) is -3.17. The van der Waals surface area contributed by atoms with Crippen LogP contribution in [0.15, 0.2) is 30.3 Å². The lowest BCUT2D eigenvalue weighted by molar-refractivity contribution is -0.137. The third-order valence-corrected chi connectivity index (χ3v) is 5.45. The molecule has 1 N–H and O–H groups in total. The van der Waals surface area contributed by atoms with Crippen molar-refractivity contribution in [1.82, 2.24) is 4.90 Å². The van der Waals surface area contributed by atoms with E-state index in [4.69, 9.17) is 9.84 Å². The van der Waals surface area contributed by atoms with Gasteiger partial charge in [-0.3, -0.25) is 9.59 Å². The first-order valence-corrected chi connectivity index (χ1v) is 9.52. The number of carbonyl (C=O) groups is 2. The Labute approximate surface area is 141 Å². The van der Waals surface area contributed by atoms with Gasteiger partial charge in [-0.1, -0.05) is 30.3 Å². The lowest BCUT2D eigenvalue weighted by Crippen LogP contribution is -2.43. The first kappa shape index (κ1) is 18.4. The van der Waals surface area contributed by atoms with Gasteiger partial charge < -0.3 is 14.7 Å². The fraction of sp³-hybridized carbons (Fsp3) is 0.500. The van der Waals surface area contributed by atoms with E-state index in [-0.39, 0.29) is 12.2 Å². The van der Waals surface area contributed by atoms with Crippen LogP contribution in [0, 0.1) is 0 Å². The largest absolute Gasteiger partial charge is 0.481 e. The van der Waals surface area contributed by atoms with E-state index in [1.165, 1.54) is 4.90 Å². The van der Waals surface area contributed by atoms with Gasteiger partial charge in [-0.05, 0) is 5.56 Å². The number of rotatable bonds is 7. The molecule has 7 nitrogen and oxygen atoms in total. The number of ether oxygens (including phenoxy) is 1. The van der Waals surface area contributed by atoms with Crippen LogP contribution in [0.4, 0.5) is 0 Å². The molecule has 1 atom stereocenters. The Balaban J connectivity index is 2.06. The third kappa shape index (κ3) is 5.61. The van der Waals surface area contributed by atoms with Gasteiger partial charge in [-0.15, -0.1) is 0 Å². The van der Waals surface area contributed by atoms with E-state index in [2.05, 4.69) is 0 Å². The van der Waals surface area contributed by atoms with Crippen LogP contribution in [0.5, 0.6) is 0 Å². The van der Waals surface area contributed by atoms with Crippen molar-refractivity contribution in [2.24, 2.45) is 0 Å². The average molecular weight is 355 g/mol. The van der Waals surface area contributed by atoms with E-state index in [0.29, 0.717) is 31.9 Å². The van der Waals surface area contributed by atoms with Crippen molar-refractivity contribution >= 4 is 21.7 Å². The molecule has 0 radical (unpaired) electrons. The van der Waals surface area contributed by atoms with Gasteiger partial charge in [0.25, 0.3) is 0 Å². The second-order valence-electron chi connectivity index (χ2n) is 5.75. The number of nitrogens with zero attached hydrogens (tertiary/aromatic N) is 1. The number of morpholine rings is 1. The van der Waals surface area contributed by atoms with E-state index < -0.39 is 33.4 Å². The van der Waals surface area contributed by atoms with Crippen LogP contribution < -0.4 is 0 Å². The highest BCUT2D eigenvalue weighted by Crippen LogP contribution is 2.22. The minimum Gasteiger partial charge on any atom is -0.481 e. The third-order valence-electron chi connectivity index (χ3n) is 3.85. The van der Waals surface area contributed by atoms with E-state index in [1.807, 2.05) is 0 Å². The van der Waals surface area contributed by atoms with Gasteiger partial charge in [0.15, 0.2) is 9.84 Å². The summed E-state index contributed by atoms with van der Waals surface area (Å²) in [6.45, 7) is 1.56. The van der Waals surface area contributed by atoms with Gasteiger partial charge in [0.2, 0.25) is 5.91 Å². The molecule has 1 heterocycles. The van der Waals surface area contributed by atoms with Crippen LogP contribution in [0.3, 0.4) is 0 Å². The first-order chi connectivity index (χ1) is 11.4. The van der Waals surface area contributed by atoms with Gasteiger partial charge in [-0.25, -0.2) is 8.42 Å². The number of hydrogen-bond acceptors (Lipinski definition) is 5. The Morgan fingerprint density at radius 1 is 1.17 bits per heavy atom. The maximum absolute atomic E-state index is 12.4. The van der Waals surface area contributed by atoms with Gasteiger partial charge in [0.1, 0.15) is 5.75 Å². The van der Waals surface area contributed by atoms with Crippen molar-refractivity contribution in [3.8, 4) is 0 Å². The molecule has 0 bridgehead atoms. The average Bonchev–Trinajstić information content (AvgIpc) is 2.55. The fourth-order valence-corrected chi connectivity index (χ4v) is 4.27. The predicted octanol–water partition coefficient (Wildman–Crippen LogP) is 0.519. The van der Waals surface area contributed by atoms with Gasteiger partial charge in [-0.2, -0.15) is 0 Å². The monoisotopic (exact) mass is 355 g/mol. The van der Waals surface area contributed by atoms with Crippen molar-refractivity contribution in [3.05, 3.63) is 35.9 Å². The van der Waals surface area contributed by atoms with Crippen LogP contribution >= 0.6 is 0 Å². The Morgan fingerprint density at radius 3 is 2.38 bits per heavy atom. The number of sulfone groups is 1. The van der Waals surface area contributed by atoms with Crippen molar-refractivity contribution in [1.29, 1.82) is 0 Å². The molecule has 1 amide bonds. The fourth-order valence-electron chi connectivity index (χ4n) is 2.67. The molecule has 0 spiro atoms. The van der Waals surface area contributed by atoms with Crippen LogP contribution in [-0.4, -0.2) is 68.1 Å². The summed E-state index contributed by atoms with van der Waals surface area (Å²) in [5, 5.41) is 9.04. The summed E-state index contributed by atoms with van der Waals surface area (Å²) in [7, 11) is -3.72. The van der Waals surface area contributed by atoms with Crippen LogP contribution in [-0.2, 0) is 24.2 Å². The quantitative estimate of drug-likeness (QED) is 0.765. The molecule has 1 aromatic carbocycles. The summed E-state index contributed by atoms with van der Waals surface area (Å²) in [6, 6.07) is 8.64. The summed E-state index contributed by atoms with van der Waals surface area (Å²) in [6.07, 6.45) is -0.297. The minimum atomic E-state index is -3.72. The Hall–Kier alpha value is -1.93. The van der Waals surface area contributed by atoms with E-state index >= 15 is 0 Å². The molecule has 2 rings (SSSR count). The Kier molecular flexibility index (Phi) is 6.33. The van der Waals surface area contributed by atoms with Crippen LogP contribution in [0.2, 0.25) is 0 Å². The molecule has 0 aliphatic carbocycles. The van der Waals surface area contributed by atoms with E-state index in [1.54, 1.807) is 30.3 Å². The van der Waals surface area contributed by atoms with Crippen molar-refractivity contribution in [2.45, 2.75) is 12.3 Å². The smallest absolute Gasteiger partial charge is 0.303 e. The first-order valence-electron chi connectivity index (χ1n) is 7.70. The number of amides is 1. The molecule has 132 valence electrons. The molecular formula is C16H21NO6S. The molecule has 1 fully saturated rings. The number of aliphatic carboxylic acids is 1. The lowest BCUT2D eigenvalue weighted by atomic mass is 9.98. The normalized spacial score (nSPS) is 16.6. The zero-order valence-electron chi connectivity index (χ0n) is 13.3. The maximum atomic E-state index is 12.4. The minimum absolute atomic E-state index is 0.297. The molecule has 1 aromatic rings. The summed E-state index contributed by atoms with van der Waals surface area (Å²) >= 11 is 0. The number of benzene rings is 1. The topological polar surface area (TPSA) is 101 Å².